The number of hydrogen-bond donors (Lipinski definition) is 1. The number of aromatic nitrogens is 1. The molecule has 0 atom stereocenters. The fourth-order valence-electron chi connectivity index (χ4n) is 3.12. The summed E-state index contributed by atoms with van der Waals surface area (Å²) in [6.45, 7) is 1.96. The summed E-state index contributed by atoms with van der Waals surface area (Å²) in [5.74, 6) is 0. The van der Waals surface area contributed by atoms with Crippen molar-refractivity contribution in [2.45, 2.75) is 19.4 Å². The van der Waals surface area contributed by atoms with Gasteiger partial charge in [0, 0.05) is 13.1 Å². The molecule has 21 heavy (non-hydrogen) atoms. The van der Waals surface area contributed by atoms with Gasteiger partial charge < -0.3 is 10.6 Å². The first-order valence-corrected chi connectivity index (χ1v) is 8.14. The van der Waals surface area contributed by atoms with Crippen molar-refractivity contribution in [3.05, 3.63) is 53.0 Å². The van der Waals surface area contributed by atoms with Crippen LogP contribution in [0.2, 0.25) is 0 Å². The minimum Gasteiger partial charge on any atom is -0.395 e. The Balaban J connectivity index is 1.76. The number of thiazole rings is 1. The number of anilines is 2. The average molecular weight is 295 g/mol. The lowest BCUT2D eigenvalue weighted by molar-refractivity contribution is 0.767. The molecule has 1 aliphatic heterocycles. The van der Waals surface area contributed by atoms with Gasteiger partial charge in [0.15, 0.2) is 0 Å². The summed E-state index contributed by atoms with van der Waals surface area (Å²) >= 11 is 1.64. The van der Waals surface area contributed by atoms with Crippen LogP contribution >= 0.6 is 11.3 Å². The van der Waals surface area contributed by atoms with Gasteiger partial charge in [-0.15, -0.1) is 11.3 Å². The molecule has 106 valence electrons. The number of aryl methyl sites for hydroxylation is 1. The standard InChI is InChI=1S/C17H17N3S/c18-16-14(7-8-15-17(16)19-11-21-15)20-9-3-6-12-4-1-2-5-13(12)10-20/h1-2,4-5,7-8,11H,3,6,9-10,18H2. The number of hydrogen-bond acceptors (Lipinski definition) is 4. The molecule has 2 heterocycles. The van der Waals surface area contributed by atoms with Gasteiger partial charge in [-0.25, -0.2) is 4.98 Å². The van der Waals surface area contributed by atoms with E-state index < -0.39 is 0 Å². The molecule has 0 amide bonds. The lowest BCUT2D eigenvalue weighted by atomic mass is 10.0. The van der Waals surface area contributed by atoms with Crippen LogP contribution in [0.15, 0.2) is 41.9 Å². The Kier molecular flexibility index (Phi) is 3.04. The van der Waals surface area contributed by atoms with Gasteiger partial charge in [0.05, 0.1) is 21.6 Å². The van der Waals surface area contributed by atoms with Crippen LogP contribution in [0.3, 0.4) is 0 Å². The second-order valence-corrected chi connectivity index (χ2v) is 6.38. The van der Waals surface area contributed by atoms with Gasteiger partial charge in [0.1, 0.15) is 5.52 Å². The highest BCUT2D eigenvalue weighted by Gasteiger charge is 2.17. The second kappa shape index (κ2) is 5.04. The topological polar surface area (TPSA) is 42.1 Å². The molecule has 3 nitrogen and oxygen atoms in total. The maximum atomic E-state index is 6.37. The van der Waals surface area contributed by atoms with Crippen LogP contribution in [-0.2, 0) is 13.0 Å². The zero-order valence-corrected chi connectivity index (χ0v) is 12.6. The predicted molar refractivity (Wildman–Crippen MR) is 89.8 cm³/mol. The van der Waals surface area contributed by atoms with Crippen LogP contribution in [-0.4, -0.2) is 11.5 Å². The Morgan fingerprint density at radius 3 is 2.86 bits per heavy atom. The van der Waals surface area contributed by atoms with E-state index in [0.717, 1.165) is 47.5 Å². The van der Waals surface area contributed by atoms with E-state index in [2.05, 4.69) is 46.3 Å². The Bertz CT molecular complexity index is 794. The van der Waals surface area contributed by atoms with E-state index in [4.69, 9.17) is 5.73 Å². The predicted octanol–water partition coefficient (Wildman–Crippen LogP) is 3.83. The SMILES string of the molecule is Nc1c(N2CCCc3ccccc3C2)ccc2scnc12. The van der Waals surface area contributed by atoms with Crippen LogP contribution in [0.5, 0.6) is 0 Å². The monoisotopic (exact) mass is 295 g/mol. The van der Waals surface area contributed by atoms with E-state index in [9.17, 15) is 0 Å². The van der Waals surface area contributed by atoms with Crippen LogP contribution < -0.4 is 10.6 Å². The van der Waals surface area contributed by atoms with Crippen molar-refractivity contribution in [2.24, 2.45) is 0 Å². The van der Waals surface area contributed by atoms with Gasteiger partial charge in [0.25, 0.3) is 0 Å². The highest BCUT2D eigenvalue weighted by atomic mass is 32.1. The molecule has 4 heteroatoms. The molecule has 0 saturated carbocycles. The Morgan fingerprint density at radius 2 is 1.95 bits per heavy atom. The first-order valence-electron chi connectivity index (χ1n) is 7.26. The summed E-state index contributed by atoms with van der Waals surface area (Å²) in [4.78, 5) is 6.80. The van der Waals surface area contributed by atoms with Crippen molar-refractivity contribution < 1.29 is 0 Å². The number of benzene rings is 2. The van der Waals surface area contributed by atoms with Crippen molar-refractivity contribution in [1.29, 1.82) is 0 Å². The number of fused-ring (bicyclic) bond motifs is 2. The third-order valence-corrected chi connectivity index (χ3v) is 5.01. The van der Waals surface area contributed by atoms with Gasteiger partial charge in [-0.3, -0.25) is 0 Å². The average Bonchev–Trinajstić information content (AvgIpc) is 2.88. The first kappa shape index (κ1) is 12.7. The van der Waals surface area contributed by atoms with E-state index in [1.807, 2.05) is 5.51 Å². The summed E-state index contributed by atoms with van der Waals surface area (Å²) < 4.78 is 1.16. The molecule has 3 aromatic rings. The molecule has 1 aliphatic rings. The Labute approximate surface area is 128 Å². The van der Waals surface area contributed by atoms with E-state index in [1.165, 1.54) is 11.1 Å². The van der Waals surface area contributed by atoms with E-state index in [0.29, 0.717) is 0 Å². The zero-order valence-electron chi connectivity index (χ0n) is 11.7. The molecule has 0 spiro atoms. The van der Waals surface area contributed by atoms with Gasteiger partial charge >= 0.3 is 0 Å². The van der Waals surface area contributed by atoms with Gasteiger partial charge in [-0.2, -0.15) is 0 Å². The molecule has 0 unspecified atom stereocenters. The molecule has 2 N–H and O–H groups in total. The highest BCUT2D eigenvalue weighted by molar-refractivity contribution is 7.16. The third-order valence-electron chi connectivity index (χ3n) is 4.21. The summed E-state index contributed by atoms with van der Waals surface area (Å²) in [5, 5.41) is 0. The van der Waals surface area contributed by atoms with Crippen LogP contribution in [0, 0.1) is 0 Å². The van der Waals surface area contributed by atoms with Gasteiger partial charge in [-0.05, 0) is 36.1 Å². The van der Waals surface area contributed by atoms with Crippen LogP contribution in [0.25, 0.3) is 10.2 Å². The summed E-state index contributed by atoms with van der Waals surface area (Å²) in [7, 11) is 0. The summed E-state index contributed by atoms with van der Waals surface area (Å²) in [5.41, 5.74) is 14.0. The molecule has 1 aromatic heterocycles. The van der Waals surface area contributed by atoms with Crippen LogP contribution in [0.4, 0.5) is 11.4 Å². The molecule has 0 bridgehead atoms. The molecule has 2 aromatic carbocycles. The summed E-state index contributed by atoms with van der Waals surface area (Å²) in [6, 6.07) is 13.0. The second-order valence-electron chi connectivity index (χ2n) is 5.49. The first-order chi connectivity index (χ1) is 10.3. The van der Waals surface area contributed by atoms with E-state index in [-0.39, 0.29) is 0 Å². The van der Waals surface area contributed by atoms with E-state index in [1.54, 1.807) is 11.3 Å². The lowest BCUT2D eigenvalue weighted by Crippen LogP contribution is -2.23. The minimum atomic E-state index is 0.813. The van der Waals surface area contributed by atoms with Crippen molar-refractivity contribution in [3.8, 4) is 0 Å². The van der Waals surface area contributed by atoms with Crippen molar-refractivity contribution >= 4 is 32.9 Å². The normalized spacial score (nSPS) is 15.0. The fourth-order valence-corrected chi connectivity index (χ4v) is 3.82. The zero-order chi connectivity index (χ0) is 14.2. The fraction of sp³-hybridized carbons (Fsp3) is 0.235. The number of nitrogen functional groups attached to an aromatic ring is 1. The highest BCUT2D eigenvalue weighted by Crippen LogP contribution is 2.34. The number of nitrogens with zero attached hydrogens (tertiary/aromatic N) is 2. The quantitative estimate of drug-likeness (QED) is 0.694. The number of rotatable bonds is 1. The Morgan fingerprint density at radius 1 is 1.10 bits per heavy atom. The Hall–Kier alpha value is -2.07. The third kappa shape index (κ3) is 2.16. The maximum Gasteiger partial charge on any atom is 0.106 e. The smallest absolute Gasteiger partial charge is 0.106 e. The van der Waals surface area contributed by atoms with Crippen LogP contribution in [0.1, 0.15) is 17.5 Å². The van der Waals surface area contributed by atoms with E-state index >= 15 is 0 Å². The molecule has 4 rings (SSSR count). The molecule has 0 fully saturated rings. The van der Waals surface area contributed by atoms with Gasteiger partial charge in [-0.1, -0.05) is 24.3 Å². The molecule has 0 aliphatic carbocycles. The maximum absolute atomic E-state index is 6.37. The van der Waals surface area contributed by atoms with Crippen molar-refractivity contribution in [2.75, 3.05) is 17.2 Å². The summed E-state index contributed by atoms with van der Waals surface area (Å²) in [6.07, 6.45) is 2.30. The largest absolute Gasteiger partial charge is 0.395 e. The number of nitrogens with two attached hydrogens (primary N) is 1. The lowest BCUT2D eigenvalue weighted by Gasteiger charge is -2.24. The molecule has 0 saturated heterocycles. The van der Waals surface area contributed by atoms with Crippen molar-refractivity contribution in [1.82, 2.24) is 4.98 Å². The van der Waals surface area contributed by atoms with Gasteiger partial charge in [0.2, 0.25) is 0 Å². The molecular weight excluding hydrogens is 278 g/mol. The molecule has 0 radical (unpaired) electrons. The minimum absolute atomic E-state index is 0.813. The van der Waals surface area contributed by atoms with Crippen molar-refractivity contribution in [3.63, 3.8) is 0 Å². The molecular formula is C17H17N3S.